The van der Waals surface area contributed by atoms with E-state index in [2.05, 4.69) is 15.5 Å². The van der Waals surface area contributed by atoms with Crippen molar-refractivity contribution in [2.75, 3.05) is 6.54 Å². The predicted molar refractivity (Wildman–Crippen MR) is 126 cm³/mol. The highest BCUT2D eigenvalue weighted by Gasteiger charge is 2.48. The average molecular weight is 520 g/mol. The van der Waals surface area contributed by atoms with E-state index in [4.69, 9.17) is 11.6 Å². The molecule has 2 unspecified atom stereocenters. The SMILES string of the molecule is Cc1nnc(C2CC(O)CN2C(=O)NC2(c3ccc(C(F)(F)F)cc3)CC2)n1Cc1ccc(Cl)cc1. The third-order valence-electron chi connectivity index (χ3n) is 6.92. The lowest BCUT2D eigenvalue weighted by atomic mass is 10.0. The van der Waals surface area contributed by atoms with Crippen LogP contribution in [0.5, 0.6) is 0 Å². The first-order valence-electron chi connectivity index (χ1n) is 11.6. The molecule has 7 nitrogen and oxygen atoms in total. The summed E-state index contributed by atoms with van der Waals surface area (Å²) < 4.78 is 40.8. The number of rotatable bonds is 5. The number of nitrogens with one attached hydrogen (secondary N) is 1. The average Bonchev–Trinajstić information content (AvgIpc) is 3.38. The van der Waals surface area contributed by atoms with E-state index in [0.717, 1.165) is 17.7 Å². The van der Waals surface area contributed by atoms with Gasteiger partial charge in [-0.15, -0.1) is 10.2 Å². The lowest BCUT2D eigenvalue weighted by Crippen LogP contribution is -2.45. The van der Waals surface area contributed by atoms with Gasteiger partial charge in [-0.3, -0.25) is 0 Å². The van der Waals surface area contributed by atoms with Gasteiger partial charge in [-0.25, -0.2) is 4.79 Å². The van der Waals surface area contributed by atoms with Crippen LogP contribution in [-0.4, -0.2) is 43.5 Å². The number of benzene rings is 2. The Kier molecular flexibility index (Phi) is 6.20. The van der Waals surface area contributed by atoms with Gasteiger partial charge in [0.25, 0.3) is 0 Å². The first kappa shape index (κ1) is 24.6. The minimum absolute atomic E-state index is 0.118. The van der Waals surface area contributed by atoms with E-state index in [-0.39, 0.29) is 6.54 Å². The van der Waals surface area contributed by atoms with Crippen molar-refractivity contribution in [3.8, 4) is 0 Å². The third kappa shape index (κ3) is 4.79. The molecule has 0 radical (unpaired) electrons. The van der Waals surface area contributed by atoms with E-state index in [1.165, 1.54) is 17.0 Å². The lowest BCUT2D eigenvalue weighted by molar-refractivity contribution is -0.137. The van der Waals surface area contributed by atoms with Gasteiger partial charge in [0.15, 0.2) is 5.82 Å². The fourth-order valence-corrected chi connectivity index (χ4v) is 4.89. The number of likely N-dealkylation sites (tertiary alicyclic amines) is 1. The zero-order valence-electron chi connectivity index (χ0n) is 19.5. The molecule has 1 saturated heterocycles. The molecule has 5 rings (SSSR count). The molecule has 2 heterocycles. The van der Waals surface area contributed by atoms with Gasteiger partial charge in [-0.2, -0.15) is 13.2 Å². The van der Waals surface area contributed by atoms with E-state index < -0.39 is 35.5 Å². The second kappa shape index (κ2) is 9.08. The van der Waals surface area contributed by atoms with Gasteiger partial charge in [-0.05, 0) is 55.2 Å². The van der Waals surface area contributed by atoms with E-state index in [1.807, 2.05) is 23.6 Å². The number of aliphatic hydroxyl groups excluding tert-OH is 1. The molecule has 0 bridgehead atoms. The highest BCUT2D eigenvalue weighted by molar-refractivity contribution is 6.30. The number of aromatic nitrogens is 3. The van der Waals surface area contributed by atoms with Crippen LogP contribution in [-0.2, 0) is 18.3 Å². The maximum absolute atomic E-state index is 13.4. The number of nitrogens with zero attached hydrogens (tertiary/aromatic N) is 4. The molecule has 2 amide bonds. The zero-order valence-corrected chi connectivity index (χ0v) is 20.2. The number of alkyl halides is 3. The Bertz CT molecular complexity index is 1260. The molecular formula is C25H25ClF3N5O2. The predicted octanol–water partition coefficient (Wildman–Crippen LogP) is 4.81. The smallest absolute Gasteiger partial charge is 0.391 e. The van der Waals surface area contributed by atoms with Crippen LogP contribution in [0.2, 0.25) is 5.02 Å². The van der Waals surface area contributed by atoms with Gasteiger partial charge in [0.2, 0.25) is 0 Å². The molecule has 1 aliphatic carbocycles. The normalized spacial score (nSPS) is 21.0. The Morgan fingerprint density at radius 2 is 1.81 bits per heavy atom. The Morgan fingerprint density at radius 1 is 1.14 bits per heavy atom. The molecule has 1 saturated carbocycles. The summed E-state index contributed by atoms with van der Waals surface area (Å²) in [6.07, 6.45) is -3.60. The number of carbonyl (C=O) groups excluding carboxylic acids is 1. The van der Waals surface area contributed by atoms with Crippen molar-refractivity contribution in [3.05, 3.63) is 81.9 Å². The van der Waals surface area contributed by atoms with Gasteiger partial charge in [0.1, 0.15) is 5.82 Å². The second-order valence-electron chi connectivity index (χ2n) is 9.46. The molecule has 2 N–H and O–H groups in total. The molecule has 2 atom stereocenters. The maximum Gasteiger partial charge on any atom is 0.416 e. The summed E-state index contributed by atoms with van der Waals surface area (Å²) >= 11 is 6.00. The number of urea groups is 1. The number of aryl methyl sites for hydroxylation is 1. The van der Waals surface area contributed by atoms with Gasteiger partial charge >= 0.3 is 12.2 Å². The van der Waals surface area contributed by atoms with E-state index >= 15 is 0 Å². The minimum Gasteiger partial charge on any atom is -0.391 e. The van der Waals surface area contributed by atoms with Crippen molar-refractivity contribution in [1.82, 2.24) is 25.0 Å². The molecule has 2 fully saturated rings. The zero-order chi connectivity index (χ0) is 25.7. The van der Waals surface area contributed by atoms with Gasteiger partial charge in [0.05, 0.1) is 29.8 Å². The number of aliphatic hydroxyl groups is 1. The molecular weight excluding hydrogens is 495 g/mol. The highest BCUT2D eigenvalue weighted by atomic mass is 35.5. The summed E-state index contributed by atoms with van der Waals surface area (Å²) in [5, 5.41) is 22.6. The summed E-state index contributed by atoms with van der Waals surface area (Å²) in [4.78, 5) is 14.9. The largest absolute Gasteiger partial charge is 0.416 e. The molecule has 190 valence electrons. The molecule has 11 heteroatoms. The van der Waals surface area contributed by atoms with Crippen molar-refractivity contribution in [3.63, 3.8) is 0 Å². The van der Waals surface area contributed by atoms with Crippen molar-refractivity contribution in [1.29, 1.82) is 0 Å². The maximum atomic E-state index is 13.4. The summed E-state index contributed by atoms with van der Waals surface area (Å²) in [6.45, 7) is 2.42. The molecule has 0 spiro atoms. The van der Waals surface area contributed by atoms with Crippen molar-refractivity contribution in [2.45, 2.75) is 56.6 Å². The Morgan fingerprint density at radius 3 is 2.42 bits per heavy atom. The molecule has 1 aliphatic heterocycles. The van der Waals surface area contributed by atoms with Crippen LogP contribution in [0.1, 0.15) is 53.6 Å². The molecule has 36 heavy (non-hydrogen) atoms. The van der Waals surface area contributed by atoms with Crippen LogP contribution in [0.15, 0.2) is 48.5 Å². The molecule has 2 aliphatic rings. The Balaban J connectivity index is 1.36. The number of hydrogen-bond donors (Lipinski definition) is 2. The number of carbonyl (C=O) groups is 1. The van der Waals surface area contributed by atoms with Crippen LogP contribution in [0.3, 0.4) is 0 Å². The van der Waals surface area contributed by atoms with E-state index in [9.17, 15) is 23.1 Å². The van der Waals surface area contributed by atoms with Crippen LogP contribution in [0, 0.1) is 6.92 Å². The number of amides is 2. The minimum atomic E-state index is -4.42. The Labute approximate surface area is 210 Å². The molecule has 1 aromatic heterocycles. The van der Waals surface area contributed by atoms with Gasteiger partial charge < -0.3 is 19.9 Å². The van der Waals surface area contributed by atoms with E-state index in [1.54, 1.807) is 12.1 Å². The quantitative estimate of drug-likeness (QED) is 0.506. The van der Waals surface area contributed by atoms with Crippen molar-refractivity contribution >= 4 is 17.6 Å². The highest BCUT2D eigenvalue weighted by Crippen LogP contribution is 2.46. The second-order valence-corrected chi connectivity index (χ2v) is 9.90. The first-order valence-corrected chi connectivity index (χ1v) is 12.0. The van der Waals surface area contributed by atoms with E-state index in [0.29, 0.717) is 48.0 Å². The number of β-amino-alcohol motifs (C(OH)–C–C–N with tert-alkyl or cyclic N) is 1. The fourth-order valence-electron chi connectivity index (χ4n) is 4.76. The first-order chi connectivity index (χ1) is 17.1. The topological polar surface area (TPSA) is 83.3 Å². The lowest BCUT2D eigenvalue weighted by Gasteiger charge is -2.28. The summed E-state index contributed by atoms with van der Waals surface area (Å²) in [5.74, 6) is 1.23. The summed E-state index contributed by atoms with van der Waals surface area (Å²) in [5.41, 5.74) is 0.164. The molecule has 3 aromatic rings. The van der Waals surface area contributed by atoms with Crippen LogP contribution >= 0.6 is 11.6 Å². The number of hydrogen-bond acceptors (Lipinski definition) is 4. The van der Waals surface area contributed by atoms with Gasteiger partial charge in [-0.1, -0.05) is 35.9 Å². The fraction of sp³-hybridized carbons (Fsp3) is 0.400. The third-order valence-corrected chi connectivity index (χ3v) is 7.17. The van der Waals surface area contributed by atoms with Crippen molar-refractivity contribution in [2.24, 2.45) is 0 Å². The number of halogens is 4. The van der Waals surface area contributed by atoms with Crippen LogP contribution in [0.4, 0.5) is 18.0 Å². The van der Waals surface area contributed by atoms with Crippen LogP contribution in [0.25, 0.3) is 0 Å². The summed E-state index contributed by atoms with van der Waals surface area (Å²) in [6, 6.07) is 11.4. The summed E-state index contributed by atoms with van der Waals surface area (Å²) in [7, 11) is 0. The standard InChI is InChI=1S/C25H25ClF3N5O2/c1-15-31-32-22(33(15)13-16-2-8-19(26)9-3-16)21-12-20(35)14-34(21)23(36)30-24(10-11-24)17-4-6-18(7-5-17)25(27,28)29/h2-9,20-21,35H,10-14H2,1H3,(H,30,36). The Hall–Kier alpha value is -3.11. The monoisotopic (exact) mass is 519 g/mol. The van der Waals surface area contributed by atoms with Crippen molar-refractivity contribution < 1.29 is 23.1 Å². The van der Waals surface area contributed by atoms with Gasteiger partial charge in [0, 0.05) is 18.0 Å². The molecule has 2 aromatic carbocycles. The van der Waals surface area contributed by atoms with Crippen LogP contribution < -0.4 is 5.32 Å².